The van der Waals surface area contributed by atoms with Gasteiger partial charge in [0.25, 0.3) is 5.91 Å². The Kier molecular flexibility index (Phi) is 4.37. The molecule has 0 saturated carbocycles. The molecule has 0 bridgehead atoms. The molecule has 0 unspecified atom stereocenters. The molecule has 2 aromatic rings. The number of amides is 3. The molecule has 146 valence electrons. The zero-order valence-corrected chi connectivity index (χ0v) is 16.1. The summed E-state index contributed by atoms with van der Waals surface area (Å²) in [6.45, 7) is 4.73. The number of fused-ring (bicyclic) bond motifs is 1. The minimum absolute atomic E-state index is 0.135. The monoisotopic (exact) mass is 382 g/mol. The van der Waals surface area contributed by atoms with E-state index in [1.54, 1.807) is 32.2 Å². The quantitative estimate of drug-likeness (QED) is 0.823. The van der Waals surface area contributed by atoms with Crippen LogP contribution >= 0.6 is 0 Å². The SMILES string of the molecule is COc1ccc(C)cc1CN1C(=O)N[C@](C)(c2ccc3c(c2)OCCO3)C1=O. The van der Waals surface area contributed by atoms with E-state index in [0.29, 0.717) is 36.0 Å². The van der Waals surface area contributed by atoms with Crippen molar-refractivity contribution in [3.8, 4) is 17.2 Å². The average Bonchev–Trinajstić information content (AvgIpc) is 2.92. The van der Waals surface area contributed by atoms with Gasteiger partial charge in [0.05, 0.1) is 13.7 Å². The maximum atomic E-state index is 13.2. The summed E-state index contributed by atoms with van der Waals surface area (Å²) in [5, 5.41) is 2.83. The summed E-state index contributed by atoms with van der Waals surface area (Å²) in [6, 6.07) is 10.5. The van der Waals surface area contributed by atoms with Gasteiger partial charge >= 0.3 is 6.03 Å². The molecule has 28 heavy (non-hydrogen) atoms. The summed E-state index contributed by atoms with van der Waals surface area (Å²) < 4.78 is 16.5. The number of carbonyl (C=O) groups is 2. The number of rotatable bonds is 4. The highest BCUT2D eigenvalue weighted by Gasteiger charge is 2.49. The molecule has 0 radical (unpaired) electrons. The third kappa shape index (κ3) is 2.93. The smallest absolute Gasteiger partial charge is 0.325 e. The molecule has 2 aliphatic rings. The zero-order chi connectivity index (χ0) is 19.9. The lowest BCUT2D eigenvalue weighted by molar-refractivity contribution is -0.131. The lowest BCUT2D eigenvalue weighted by atomic mass is 9.91. The van der Waals surface area contributed by atoms with E-state index in [1.807, 2.05) is 25.1 Å². The van der Waals surface area contributed by atoms with Crippen LogP contribution in [-0.4, -0.2) is 37.2 Å². The number of benzene rings is 2. The Morgan fingerprint density at radius 3 is 2.61 bits per heavy atom. The van der Waals surface area contributed by atoms with E-state index in [-0.39, 0.29) is 12.5 Å². The number of imide groups is 1. The normalized spacial score (nSPS) is 20.9. The molecule has 1 atom stereocenters. The van der Waals surface area contributed by atoms with Crippen LogP contribution in [0.25, 0.3) is 0 Å². The summed E-state index contributed by atoms with van der Waals surface area (Å²) in [5.41, 5.74) is 1.27. The van der Waals surface area contributed by atoms with Crippen molar-refractivity contribution in [1.29, 1.82) is 0 Å². The predicted molar refractivity (Wildman–Crippen MR) is 102 cm³/mol. The van der Waals surface area contributed by atoms with Gasteiger partial charge in [-0.05, 0) is 37.6 Å². The van der Waals surface area contributed by atoms with E-state index < -0.39 is 11.6 Å². The van der Waals surface area contributed by atoms with Gasteiger partial charge in [-0.1, -0.05) is 23.8 Å². The maximum Gasteiger partial charge on any atom is 0.325 e. The van der Waals surface area contributed by atoms with Gasteiger partial charge in [-0.15, -0.1) is 0 Å². The Balaban J connectivity index is 1.64. The highest BCUT2D eigenvalue weighted by Crippen LogP contribution is 2.37. The lowest BCUT2D eigenvalue weighted by Gasteiger charge is -2.25. The minimum atomic E-state index is -1.18. The number of nitrogens with one attached hydrogen (secondary N) is 1. The second-order valence-corrected chi connectivity index (χ2v) is 7.12. The number of hydrogen-bond acceptors (Lipinski definition) is 5. The van der Waals surface area contributed by atoms with E-state index in [0.717, 1.165) is 11.1 Å². The van der Waals surface area contributed by atoms with Crippen LogP contribution in [0.2, 0.25) is 0 Å². The number of carbonyl (C=O) groups excluding carboxylic acids is 2. The largest absolute Gasteiger partial charge is 0.496 e. The van der Waals surface area contributed by atoms with Gasteiger partial charge < -0.3 is 19.5 Å². The fourth-order valence-electron chi connectivity index (χ4n) is 3.59. The molecule has 2 aliphatic heterocycles. The average molecular weight is 382 g/mol. The Hall–Kier alpha value is -3.22. The van der Waals surface area contributed by atoms with E-state index >= 15 is 0 Å². The van der Waals surface area contributed by atoms with Crippen molar-refractivity contribution < 1.29 is 23.8 Å². The Bertz CT molecular complexity index is 958. The fraction of sp³-hybridized carbons (Fsp3) is 0.333. The summed E-state index contributed by atoms with van der Waals surface area (Å²) in [6.07, 6.45) is 0. The van der Waals surface area contributed by atoms with Crippen LogP contribution in [0.5, 0.6) is 17.2 Å². The molecular weight excluding hydrogens is 360 g/mol. The Labute approximate surface area is 163 Å². The number of aryl methyl sites for hydroxylation is 1. The molecule has 1 saturated heterocycles. The minimum Gasteiger partial charge on any atom is -0.496 e. The summed E-state index contributed by atoms with van der Waals surface area (Å²) in [7, 11) is 1.57. The first-order valence-electron chi connectivity index (χ1n) is 9.10. The molecule has 2 aromatic carbocycles. The molecular formula is C21H22N2O5. The van der Waals surface area contributed by atoms with E-state index in [9.17, 15) is 9.59 Å². The van der Waals surface area contributed by atoms with Crippen LogP contribution in [0, 0.1) is 6.92 Å². The lowest BCUT2D eigenvalue weighted by Crippen LogP contribution is -2.41. The van der Waals surface area contributed by atoms with Gasteiger partial charge in [-0.2, -0.15) is 0 Å². The van der Waals surface area contributed by atoms with Crippen LogP contribution < -0.4 is 19.5 Å². The van der Waals surface area contributed by atoms with Crippen molar-refractivity contribution in [1.82, 2.24) is 10.2 Å². The first-order chi connectivity index (χ1) is 13.4. The first-order valence-corrected chi connectivity index (χ1v) is 9.10. The van der Waals surface area contributed by atoms with Gasteiger partial charge in [0, 0.05) is 5.56 Å². The van der Waals surface area contributed by atoms with Crippen LogP contribution in [0.1, 0.15) is 23.6 Å². The summed E-state index contributed by atoms with van der Waals surface area (Å²) >= 11 is 0. The molecule has 0 spiro atoms. The third-order valence-corrected chi connectivity index (χ3v) is 5.16. The number of ether oxygens (including phenoxy) is 3. The van der Waals surface area contributed by atoms with Crippen molar-refractivity contribution in [3.63, 3.8) is 0 Å². The van der Waals surface area contributed by atoms with Crippen molar-refractivity contribution >= 4 is 11.9 Å². The van der Waals surface area contributed by atoms with E-state index in [4.69, 9.17) is 14.2 Å². The van der Waals surface area contributed by atoms with Crippen LogP contribution in [0.4, 0.5) is 4.79 Å². The second-order valence-electron chi connectivity index (χ2n) is 7.12. The molecule has 4 rings (SSSR count). The van der Waals surface area contributed by atoms with Gasteiger partial charge in [0.15, 0.2) is 11.5 Å². The van der Waals surface area contributed by atoms with Crippen LogP contribution in [-0.2, 0) is 16.9 Å². The molecule has 0 aliphatic carbocycles. The number of urea groups is 1. The molecule has 2 heterocycles. The van der Waals surface area contributed by atoms with Gasteiger partial charge in [0.2, 0.25) is 0 Å². The zero-order valence-electron chi connectivity index (χ0n) is 16.1. The summed E-state index contributed by atoms with van der Waals surface area (Å²) in [4.78, 5) is 27.1. The second kappa shape index (κ2) is 6.74. The van der Waals surface area contributed by atoms with Crippen molar-refractivity contribution in [2.75, 3.05) is 20.3 Å². The molecule has 0 aromatic heterocycles. The third-order valence-electron chi connectivity index (χ3n) is 5.16. The molecule has 1 N–H and O–H groups in total. The molecule has 1 fully saturated rings. The van der Waals surface area contributed by atoms with Gasteiger partial charge in [-0.25, -0.2) is 4.79 Å². The standard InChI is InChI=1S/C21H22N2O5/c1-13-4-6-16(26-3)14(10-13)12-23-19(24)21(2,22-20(23)25)15-5-7-17-18(11-15)28-9-8-27-17/h4-7,10-11H,8-9,12H2,1-3H3,(H,22,25)/t21-/m1/s1. The topological polar surface area (TPSA) is 77.1 Å². The Morgan fingerprint density at radius 1 is 1.11 bits per heavy atom. The van der Waals surface area contributed by atoms with Crippen molar-refractivity contribution in [2.45, 2.75) is 25.9 Å². The van der Waals surface area contributed by atoms with E-state index in [1.165, 1.54) is 4.90 Å². The maximum absolute atomic E-state index is 13.2. The Morgan fingerprint density at radius 2 is 1.86 bits per heavy atom. The highest BCUT2D eigenvalue weighted by atomic mass is 16.6. The van der Waals surface area contributed by atoms with Crippen molar-refractivity contribution in [2.24, 2.45) is 0 Å². The highest BCUT2D eigenvalue weighted by molar-refractivity contribution is 6.07. The molecule has 7 heteroatoms. The van der Waals surface area contributed by atoms with Gasteiger partial charge in [-0.3, -0.25) is 9.69 Å². The van der Waals surface area contributed by atoms with Crippen molar-refractivity contribution in [3.05, 3.63) is 53.1 Å². The number of hydrogen-bond donors (Lipinski definition) is 1. The first kappa shape index (κ1) is 18.2. The number of methoxy groups -OCH3 is 1. The van der Waals surface area contributed by atoms with Gasteiger partial charge in [0.1, 0.15) is 24.5 Å². The molecule has 3 amide bonds. The van der Waals surface area contributed by atoms with Crippen LogP contribution in [0.15, 0.2) is 36.4 Å². The fourth-order valence-corrected chi connectivity index (χ4v) is 3.59. The molecule has 7 nitrogen and oxygen atoms in total. The van der Waals surface area contributed by atoms with Crippen LogP contribution in [0.3, 0.4) is 0 Å². The predicted octanol–water partition coefficient (Wildman–Crippen LogP) is 2.74. The number of nitrogens with zero attached hydrogens (tertiary/aromatic N) is 1. The summed E-state index contributed by atoms with van der Waals surface area (Å²) in [5.74, 6) is 1.53. The van der Waals surface area contributed by atoms with E-state index in [2.05, 4.69) is 5.32 Å².